The molecule has 1 aromatic rings. The van der Waals surface area contributed by atoms with Gasteiger partial charge < -0.3 is 5.32 Å². The number of rotatable bonds is 9. The van der Waals surface area contributed by atoms with E-state index in [4.69, 9.17) is 0 Å². The van der Waals surface area contributed by atoms with E-state index in [9.17, 15) is 4.79 Å². The Balaban J connectivity index is 2.23. The molecule has 1 N–H and O–H groups in total. The fourth-order valence-corrected chi connectivity index (χ4v) is 2.26. The number of unbranched alkanes of at least 4 members (excludes halogenated alkanes) is 2. The molecule has 1 unspecified atom stereocenters. The zero-order valence-electron chi connectivity index (χ0n) is 13.2. The maximum atomic E-state index is 11.9. The fourth-order valence-electron chi connectivity index (χ4n) is 2.26. The Morgan fingerprint density at radius 3 is 2.85 bits per heavy atom. The molecule has 0 aliphatic heterocycles. The highest BCUT2D eigenvalue weighted by Crippen LogP contribution is 2.03. The predicted octanol–water partition coefficient (Wildman–Crippen LogP) is 1.94. The van der Waals surface area contributed by atoms with E-state index in [1.807, 2.05) is 31.4 Å². The molecule has 1 aromatic heterocycles. The van der Waals surface area contributed by atoms with Gasteiger partial charge in [-0.1, -0.05) is 26.2 Å². The molecular weight excluding hydrogens is 252 g/mol. The average Bonchev–Trinajstić information content (AvgIpc) is 2.74. The molecule has 1 rings (SSSR count). The molecule has 0 fully saturated rings. The van der Waals surface area contributed by atoms with Crippen molar-refractivity contribution in [3.05, 3.63) is 18.0 Å². The van der Waals surface area contributed by atoms with Gasteiger partial charge in [-0.3, -0.25) is 14.4 Å². The first-order chi connectivity index (χ1) is 9.51. The summed E-state index contributed by atoms with van der Waals surface area (Å²) in [4.78, 5) is 13.9. The number of nitrogens with zero attached hydrogens (tertiary/aromatic N) is 3. The molecule has 5 heteroatoms. The lowest BCUT2D eigenvalue weighted by Crippen LogP contribution is -2.39. The summed E-state index contributed by atoms with van der Waals surface area (Å²) in [6.45, 7) is 5.43. The smallest absolute Gasteiger partial charge is 0.234 e. The summed E-state index contributed by atoms with van der Waals surface area (Å²) in [6, 6.07) is 0.265. The lowest BCUT2D eigenvalue weighted by Gasteiger charge is -2.18. The van der Waals surface area contributed by atoms with Crippen LogP contribution in [0.5, 0.6) is 0 Å². The van der Waals surface area contributed by atoms with Crippen LogP contribution in [0.1, 0.15) is 45.1 Å². The van der Waals surface area contributed by atoms with Crippen LogP contribution in [0, 0.1) is 0 Å². The maximum Gasteiger partial charge on any atom is 0.234 e. The van der Waals surface area contributed by atoms with Gasteiger partial charge in [-0.05, 0) is 20.4 Å². The molecule has 0 saturated carbocycles. The van der Waals surface area contributed by atoms with Crippen LogP contribution in [0.2, 0.25) is 0 Å². The highest BCUT2D eigenvalue weighted by atomic mass is 16.2. The Bertz CT molecular complexity index is 402. The first-order valence-electron chi connectivity index (χ1n) is 7.46. The summed E-state index contributed by atoms with van der Waals surface area (Å²) in [5.74, 6) is 0.0976. The topological polar surface area (TPSA) is 50.2 Å². The molecular formula is C15H28N4O. The minimum Gasteiger partial charge on any atom is -0.353 e. The van der Waals surface area contributed by atoms with Crippen molar-refractivity contribution in [3.63, 3.8) is 0 Å². The molecule has 114 valence electrons. The Morgan fingerprint density at radius 1 is 1.50 bits per heavy atom. The van der Waals surface area contributed by atoms with Crippen molar-refractivity contribution in [2.45, 2.75) is 52.1 Å². The van der Waals surface area contributed by atoms with Gasteiger partial charge in [-0.25, -0.2) is 0 Å². The molecule has 0 radical (unpaired) electrons. The van der Waals surface area contributed by atoms with Crippen LogP contribution in [0.15, 0.2) is 12.4 Å². The van der Waals surface area contributed by atoms with E-state index in [2.05, 4.69) is 24.3 Å². The summed E-state index contributed by atoms with van der Waals surface area (Å²) in [5.41, 5.74) is 1.12. The monoisotopic (exact) mass is 280 g/mol. The summed E-state index contributed by atoms with van der Waals surface area (Å²) in [5, 5.41) is 7.19. The third kappa shape index (κ3) is 6.70. The van der Waals surface area contributed by atoms with Gasteiger partial charge in [0.25, 0.3) is 0 Å². The largest absolute Gasteiger partial charge is 0.353 e. The van der Waals surface area contributed by atoms with Gasteiger partial charge in [0.1, 0.15) is 0 Å². The van der Waals surface area contributed by atoms with Crippen molar-refractivity contribution in [2.75, 3.05) is 13.6 Å². The second kappa shape index (κ2) is 8.74. The standard InChI is InChI=1S/C15H28N4O/c1-5-6-7-8-13(2)17-15(20)12-18(3)10-14-9-16-19(4)11-14/h9,11,13H,5-8,10,12H2,1-4H3,(H,17,20). The van der Waals surface area contributed by atoms with Gasteiger partial charge in [-0.15, -0.1) is 0 Å². The van der Waals surface area contributed by atoms with E-state index in [0.717, 1.165) is 18.5 Å². The van der Waals surface area contributed by atoms with Gasteiger partial charge >= 0.3 is 0 Å². The van der Waals surface area contributed by atoms with Crippen LogP contribution in [-0.4, -0.2) is 40.2 Å². The van der Waals surface area contributed by atoms with Crippen LogP contribution < -0.4 is 5.32 Å². The first-order valence-corrected chi connectivity index (χ1v) is 7.46. The molecule has 0 saturated heterocycles. The zero-order chi connectivity index (χ0) is 15.0. The number of aryl methyl sites for hydroxylation is 1. The maximum absolute atomic E-state index is 11.9. The number of hydrogen-bond acceptors (Lipinski definition) is 3. The SMILES string of the molecule is CCCCCC(C)NC(=O)CN(C)Cc1cnn(C)c1. The minimum absolute atomic E-state index is 0.0976. The molecule has 0 aromatic carbocycles. The number of nitrogens with one attached hydrogen (secondary N) is 1. The molecule has 1 heterocycles. The first kappa shape index (κ1) is 16.7. The Hall–Kier alpha value is -1.36. The minimum atomic E-state index is 0.0976. The third-order valence-electron chi connectivity index (χ3n) is 3.27. The predicted molar refractivity (Wildman–Crippen MR) is 81.3 cm³/mol. The van der Waals surface area contributed by atoms with Crippen LogP contribution >= 0.6 is 0 Å². The number of carbonyl (C=O) groups excluding carboxylic acids is 1. The van der Waals surface area contributed by atoms with Crippen molar-refractivity contribution in [1.82, 2.24) is 20.0 Å². The van der Waals surface area contributed by atoms with Crippen LogP contribution in [-0.2, 0) is 18.4 Å². The van der Waals surface area contributed by atoms with Crippen LogP contribution in [0.3, 0.4) is 0 Å². The average molecular weight is 280 g/mol. The van der Waals surface area contributed by atoms with Crippen molar-refractivity contribution < 1.29 is 4.79 Å². The van der Waals surface area contributed by atoms with Gasteiger partial charge in [0.05, 0.1) is 12.7 Å². The number of amides is 1. The second-order valence-electron chi connectivity index (χ2n) is 5.66. The van der Waals surface area contributed by atoms with Gasteiger partial charge in [0, 0.05) is 31.4 Å². The highest BCUT2D eigenvalue weighted by Gasteiger charge is 2.10. The summed E-state index contributed by atoms with van der Waals surface area (Å²) in [7, 11) is 3.85. The van der Waals surface area contributed by atoms with E-state index >= 15 is 0 Å². The Labute approximate surface area is 122 Å². The van der Waals surface area contributed by atoms with Crippen molar-refractivity contribution in [1.29, 1.82) is 0 Å². The molecule has 1 atom stereocenters. The summed E-state index contributed by atoms with van der Waals surface area (Å²) >= 11 is 0. The number of carbonyl (C=O) groups is 1. The number of hydrogen-bond donors (Lipinski definition) is 1. The van der Waals surface area contributed by atoms with Gasteiger partial charge in [-0.2, -0.15) is 5.10 Å². The molecule has 0 aliphatic rings. The zero-order valence-corrected chi connectivity index (χ0v) is 13.2. The Kier molecular flexibility index (Phi) is 7.30. The molecule has 0 aliphatic carbocycles. The molecule has 1 amide bonds. The van der Waals surface area contributed by atoms with Crippen molar-refractivity contribution in [3.8, 4) is 0 Å². The molecule has 5 nitrogen and oxygen atoms in total. The molecule has 0 spiro atoms. The quantitative estimate of drug-likeness (QED) is 0.703. The van der Waals surface area contributed by atoms with E-state index in [0.29, 0.717) is 6.54 Å². The number of aromatic nitrogens is 2. The lowest BCUT2D eigenvalue weighted by molar-refractivity contribution is -0.122. The van der Waals surface area contributed by atoms with E-state index in [-0.39, 0.29) is 11.9 Å². The van der Waals surface area contributed by atoms with Gasteiger partial charge in [0.15, 0.2) is 0 Å². The molecule has 20 heavy (non-hydrogen) atoms. The summed E-state index contributed by atoms with van der Waals surface area (Å²) in [6.07, 6.45) is 8.51. The van der Waals surface area contributed by atoms with Crippen molar-refractivity contribution >= 4 is 5.91 Å². The lowest BCUT2D eigenvalue weighted by atomic mass is 10.1. The second-order valence-corrected chi connectivity index (χ2v) is 5.66. The normalized spacial score (nSPS) is 12.7. The van der Waals surface area contributed by atoms with Crippen molar-refractivity contribution in [2.24, 2.45) is 7.05 Å². The van der Waals surface area contributed by atoms with E-state index < -0.39 is 0 Å². The van der Waals surface area contributed by atoms with Crippen LogP contribution in [0.25, 0.3) is 0 Å². The van der Waals surface area contributed by atoms with Gasteiger partial charge in [0.2, 0.25) is 5.91 Å². The van der Waals surface area contributed by atoms with E-state index in [1.54, 1.807) is 4.68 Å². The van der Waals surface area contributed by atoms with E-state index in [1.165, 1.54) is 19.3 Å². The third-order valence-corrected chi connectivity index (χ3v) is 3.27. The summed E-state index contributed by atoms with van der Waals surface area (Å²) < 4.78 is 1.78. The fraction of sp³-hybridized carbons (Fsp3) is 0.733. The molecule has 0 bridgehead atoms. The highest BCUT2D eigenvalue weighted by molar-refractivity contribution is 5.78. The number of likely N-dealkylation sites (N-methyl/N-ethyl adjacent to an activating group) is 1. The van der Waals surface area contributed by atoms with Crippen LogP contribution in [0.4, 0.5) is 0 Å². The Morgan fingerprint density at radius 2 is 2.25 bits per heavy atom.